The third kappa shape index (κ3) is 6.44. The van der Waals surface area contributed by atoms with Gasteiger partial charge in [-0.3, -0.25) is 0 Å². The van der Waals surface area contributed by atoms with Gasteiger partial charge >= 0.3 is 0 Å². The lowest BCUT2D eigenvalue weighted by atomic mass is 10.6. The first-order valence-corrected chi connectivity index (χ1v) is 3.80. The van der Waals surface area contributed by atoms with Crippen LogP contribution < -0.4 is 0 Å². The molecule has 0 aliphatic heterocycles. The molecule has 0 unspecified atom stereocenters. The second-order valence-electron chi connectivity index (χ2n) is 1.34. The van der Waals surface area contributed by atoms with E-state index in [1.807, 2.05) is 6.92 Å². The molecule has 42 valence electrons. The minimum atomic E-state index is 1.06. The summed E-state index contributed by atoms with van der Waals surface area (Å²) in [6.45, 7) is 4.13. The Bertz CT molecular complexity index is 59.1. The van der Waals surface area contributed by atoms with Crippen LogP contribution in [0, 0.1) is 0 Å². The first kappa shape index (κ1) is 7.44. The first-order valence-electron chi connectivity index (χ1n) is 2.40. The van der Waals surface area contributed by atoms with Crippen LogP contribution in [0.5, 0.6) is 0 Å². The summed E-state index contributed by atoms with van der Waals surface area (Å²) in [5, 5.41) is 0. The van der Waals surface area contributed by atoms with Gasteiger partial charge in [-0.2, -0.15) is 0 Å². The molecule has 0 atom stereocenters. The van der Waals surface area contributed by atoms with Crippen molar-refractivity contribution < 1.29 is 0 Å². The molecule has 2 heteroatoms. The second-order valence-corrected chi connectivity index (χ2v) is 3.52. The predicted octanol–water partition coefficient (Wildman–Crippen LogP) is 2.48. The van der Waals surface area contributed by atoms with Crippen molar-refractivity contribution in [2.75, 3.05) is 5.75 Å². The molecular weight excluding hydrogens is 124 g/mol. The van der Waals surface area contributed by atoms with Gasteiger partial charge in [-0.15, -0.1) is 11.8 Å². The zero-order chi connectivity index (χ0) is 5.70. The molecule has 0 spiro atoms. The molecule has 0 aromatic carbocycles. The third-order valence-electron chi connectivity index (χ3n) is 0.509. The smallest absolute Gasteiger partial charge is 0.0447 e. The molecule has 0 nitrogen and oxygen atoms in total. The molecule has 7 heavy (non-hydrogen) atoms. The van der Waals surface area contributed by atoms with E-state index >= 15 is 0 Å². The Labute approximate surface area is 54.7 Å². The summed E-state index contributed by atoms with van der Waals surface area (Å²) in [5.41, 5.74) is 0. The number of thioether (sulfide) groups is 1. The van der Waals surface area contributed by atoms with E-state index in [0.717, 1.165) is 4.20 Å². The fraction of sp³-hybridized carbons (Fsp3) is 0.800. The van der Waals surface area contributed by atoms with Gasteiger partial charge in [0.05, 0.1) is 0 Å². The van der Waals surface area contributed by atoms with Crippen LogP contribution in [0.15, 0.2) is 0 Å². The van der Waals surface area contributed by atoms with Crippen LogP contribution in [-0.2, 0) is 0 Å². The van der Waals surface area contributed by atoms with Gasteiger partial charge in [0.1, 0.15) is 0 Å². The highest BCUT2D eigenvalue weighted by Gasteiger charge is 1.83. The van der Waals surface area contributed by atoms with Gasteiger partial charge in [0.25, 0.3) is 0 Å². The maximum atomic E-state index is 4.82. The van der Waals surface area contributed by atoms with Gasteiger partial charge in [0.15, 0.2) is 0 Å². The van der Waals surface area contributed by atoms with E-state index in [4.69, 9.17) is 12.2 Å². The van der Waals surface area contributed by atoms with Crippen molar-refractivity contribution in [3.05, 3.63) is 0 Å². The topological polar surface area (TPSA) is 0 Å². The molecule has 0 rings (SSSR count). The standard InChI is InChI=1S/C5H10S2/c1-3-4-7-5(2)6/h3-4H2,1-2H3. The molecular formula is C5H10S2. The maximum absolute atomic E-state index is 4.82. The lowest BCUT2D eigenvalue weighted by Gasteiger charge is -1.89. The summed E-state index contributed by atoms with van der Waals surface area (Å²) >= 11 is 6.59. The largest absolute Gasteiger partial charge is 0.119 e. The van der Waals surface area contributed by atoms with E-state index in [0.29, 0.717) is 0 Å². The van der Waals surface area contributed by atoms with Crippen LogP contribution in [-0.4, -0.2) is 9.95 Å². The predicted molar refractivity (Wildman–Crippen MR) is 41.0 cm³/mol. The molecule has 0 aromatic heterocycles. The lowest BCUT2D eigenvalue weighted by Crippen LogP contribution is -1.78. The van der Waals surface area contributed by atoms with E-state index in [1.54, 1.807) is 11.8 Å². The second kappa shape index (κ2) is 4.60. The molecule has 0 aliphatic carbocycles. The van der Waals surface area contributed by atoms with E-state index < -0.39 is 0 Å². The summed E-state index contributed by atoms with van der Waals surface area (Å²) in [4.78, 5) is 0. The van der Waals surface area contributed by atoms with Crippen molar-refractivity contribution in [3.63, 3.8) is 0 Å². The van der Waals surface area contributed by atoms with Gasteiger partial charge in [-0.05, 0) is 19.1 Å². The zero-order valence-electron chi connectivity index (χ0n) is 4.73. The molecule has 0 radical (unpaired) electrons. The van der Waals surface area contributed by atoms with Gasteiger partial charge < -0.3 is 0 Å². The Morgan fingerprint density at radius 3 is 2.43 bits per heavy atom. The number of thiocarbonyl (C=S) groups is 1. The van der Waals surface area contributed by atoms with Crippen molar-refractivity contribution in [1.82, 2.24) is 0 Å². The van der Waals surface area contributed by atoms with Crippen LogP contribution in [0.2, 0.25) is 0 Å². The summed E-state index contributed by atoms with van der Waals surface area (Å²) in [6, 6.07) is 0. The van der Waals surface area contributed by atoms with Crippen molar-refractivity contribution >= 4 is 28.2 Å². The van der Waals surface area contributed by atoms with E-state index in [2.05, 4.69) is 6.92 Å². The van der Waals surface area contributed by atoms with Crippen molar-refractivity contribution in [2.45, 2.75) is 20.3 Å². The highest BCUT2D eigenvalue weighted by molar-refractivity contribution is 8.23. The van der Waals surface area contributed by atoms with Gasteiger partial charge in [0, 0.05) is 4.20 Å². The van der Waals surface area contributed by atoms with Crippen molar-refractivity contribution in [2.24, 2.45) is 0 Å². The van der Waals surface area contributed by atoms with E-state index in [1.165, 1.54) is 12.2 Å². The average Bonchev–Trinajstić information content (AvgIpc) is 1.61. The van der Waals surface area contributed by atoms with E-state index in [-0.39, 0.29) is 0 Å². The number of hydrogen-bond donors (Lipinski definition) is 0. The van der Waals surface area contributed by atoms with Crippen molar-refractivity contribution in [1.29, 1.82) is 0 Å². The third-order valence-corrected chi connectivity index (χ3v) is 1.88. The highest BCUT2D eigenvalue weighted by atomic mass is 32.2. The minimum absolute atomic E-state index is 1.06. The molecule has 0 bridgehead atoms. The quantitative estimate of drug-likeness (QED) is 0.532. The molecule has 0 aliphatic rings. The van der Waals surface area contributed by atoms with Crippen LogP contribution in [0.4, 0.5) is 0 Å². The lowest BCUT2D eigenvalue weighted by molar-refractivity contribution is 1.11. The fourth-order valence-electron chi connectivity index (χ4n) is 0.246. The Balaban J connectivity index is 2.82. The minimum Gasteiger partial charge on any atom is -0.119 e. The first-order chi connectivity index (χ1) is 3.27. The Morgan fingerprint density at radius 1 is 1.71 bits per heavy atom. The van der Waals surface area contributed by atoms with E-state index in [9.17, 15) is 0 Å². The molecule has 0 fully saturated rings. The van der Waals surface area contributed by atoms with Gasteiger partial charge in [0.2, 0.25) is 0 Å². The summed E-state index contributed by atoms with van der Waals surface area (Å²) in [7, 11) is 0. The zero-order valence-corrected chi connectivity index (χ0v) is 6.36. The monoisotopic (exact) mass is 134 g/mol. The normalized spacial score (nSPS) is 8.86. The Morgan fingerprint density at radius 2 is 2.29 bits per heavy atom. The molecule has 0 saturated carbocycles. The Hall–Kier alpha value is 0.440. The molecule has 0 heterocycles. The molecule has 0 aromatic rings. The fourth-order valence-corrected chi connectivity index (χ4v) is 0.987. The molecule has 0 amide bonds. The van der Waals surface area contributed by atoms with Crippen LogP contribution in [0.3, 0.4) is 0 Å². The van der Waals surface area contributed by atoms with Gasteiger partial charge in [-0.1, -0.05) is 19.1 Å². The van der Waals surface area contributed by atoms with Crippen molar-refractivity contribution in [3.8, 4) is 0 Å². The van der Waals surface area contributed by atoms with Gasteiger partial charge in [-0.25, -0.2) is 0 Å². The summed E-state index contributed by atoms with van der Waals surface area (Å²) in [6.07, 6.45) is 1.22. The SMILES string of the molecule is CCCSC(C)=S. The average molecular weight is 134 g/mol. The van der Waals surface area contributed by atoms with Crippen LogP contribution in [0.1, 0.15) is 20.3 Å². The molecule has 0 N–H and O–H groups in total. The van der Waals surface area contributed by atoms with Crippen LogP contribution in [0.25, 0.3) is 0 Å². The van der Waals surface area contributed by atoms with Crippen LogP contribution >= 0.6 is 24.0 Å². The summed E-state index contributed by atoms with van der Waals surface area (Å²) < 4.78 is 1.06. The number of hydrogen-bond acceptors (Lipinski definition) is 2. The molecule has 0 saturated heterocycles. The maximum Gasteiger partial charge on any atom is 0.0447 e. The Kier molecular flexibility index (Phi) is 4.88. The number of rotatable bonds is 2. The highest BCUT2D eigenvalue weighted by Crippen LogP contribution is 2.03. The summed E-state index contributed by atoms with van der Waals surface area (Å²) in [5.74, 6) is 1.18.